The summed E-state index contributed by atoms with van der Waals surface area (Å²) < 4.78 is 10.4. The van der Waals surface area contributed by atoms with E-state index in [0.29, 0.717) is 11.3 Å². The molecule has 1 aliphatic rings. The van der Waals surface area contributed by atoms with E-state index in [-0.39, 0.29) is 39.6 Å². The molecule has 0 unspecified atom stereocenters. The molecular formula is C17H11NO4. The zero-order valence-electron chi connectivity index (χ0n) is 12.0. The highest BCUT2D eigenvalue weighted by molar-refractivity contribution is 6.30. The summed E-state index contributed by atoms with van der Waals surface area (Å²) in [5.41, 5.74) is 1.06. The van der Waals surface area contributed by atoms with Crippen LogP contribution in [0.2, 0.25) is 0 Å². The third-order valence-corrected chi connectivity index (χ3v) is 3.67. The molecule has 3 rings (SSSR count). The number of rotatable bonds is 2. The molecule has 0 saturated heterocycles. The SMILES string of the molecule is COc1cccc2c1C(=O)c1c(ccc(C#N)c1OC)C2=O. The van der Waals surface area contributed by atoms with Crippen LogP contribution in [0.25, 0.3) is 0 Å². The molecule has 0 heterocycles. The van der Waals surface area contributed by atoms with Gasteiger partial charge in [-0.1, -0.05) is 12.1 Å². The summed E-state index contributed by atoms with van der Waals surface area (Å²) in [6.07, 6.45) is 0. The molecule has 0 spiro atoms. The van der Waals surface area contributed by atoms with Gasteiger partial charge in [0.1, 0.15) is 17.6 Å². The molecule has 108 valence electrons. The Balaban J connectivity index is 2.38. The van der Waals surface area contributed by atoms with Gasteiger partial charge in [0.25, 0.3) is 0 Å². The fourth-order valence-electron chi connectivity index (χ4n) is 2.69. The molecule has 0 radical (unpaired) electrons. The smallest absolute Gasteiger partial charge is 0.202 e. The molecule has 0 bridgehead atoms. The van der Waals surface area contributed by atoms with Crippen molar-refractivity contribution in [2.45, 2.75) is 0 Å². The van der Waals surface area contributed by atoms with E-state index >= 15 is 0 Å². The maximum Gasteiger partial charge on any atom is 0.202 e. The average Bonchev–Trinajstić information content (AvgIpc) is 2.57. The van der Waals surface area contributed by atoms with Gasteiger partial charge >= 0.3 is 0 Å². The molecule has 0 amide bonds. The van der Waals surface area contributed by atoms with Gasteiger partial charge in [0.2, 0.25) is 5.78 Å². The zero-order valence-corrected chi connectivity index (χ0v) is 12.0. The second-order valence-corrected chi connectivity index (χ2v) is 4.72. The van der Waals surface area contributed by atoms with Crippen molar-refractivity contribution in [3.8, 4) is 17.6 Å². The first-order valence-electron chi connectivity index (χ1n) is 6.51. The summed E-state index contributed by atoms with van der Waals surface area (Å²) in [5, 5.41) is 9.15. The minimum absolute atomic E-state index is 0.114. The summed E-state index contributed by atoms with van der Waals surface area (Å²) in [5.74, 6) is -0.219. The Morgan fingerprint density at radius 1 is 0.909 bits per heavy atom. The minimum atomic E-state index is -0.379. The number of carbonyl (C=O) groups excluding carboxylic acids is 2. The van der Waals surface area contributed by atoms with Gasteiger partial charge in [0.15, 0.2) is 5.78 Å². The lowest BCUT2D eigenvalue weighted by molar-refractivity contribution is 0.0974. The first-order valence-corrected chi connectivity index (χ1v) is 6.51. The number of fused-ring (bicyclic) bond motifs is 2. The van der Waals surface area contributed by atoms with Crippen LogP contribution in [-0.4, -0.2) is 25.8 Å². The topological polar surface area (TPSA) is 76.4 Å². The van der Waals surface area contributed by atoms with Crippen LogP contribution in [0.4, 0.5) is 0 Å². The Hall–Kier alpha value is -3.13. The maximum absolute atomic E-state index is 12.9. The number of benzene rings is 2. The van der Waals surface area contributed by atoms with E-state index in [4.69, 9.17) is 14.7 Å². The van der Waals surface area contributed by atoms with Gasteiger partial charge in [0, 0.05) is 11.1 Å². The Morgan fingerprint density at radius 3 is 2.27 bits per heavy atom. The number of hydrogen-bond donors (Lipinski definition) is 0. The number of methoxy groups -OCH3 is 2. The number of ether oxygens (including phenoxy) is 2. The van der Waals surface area contributed by atoms with Crippen molar-refractivity contribution in [1.82, 2.24) is 0 Å². The van der Waals surface area contributed by atoms with Gasteiger partial charge < -0.3 is 9.47 Å². The Bertz CT molecular complexity index is 862. The number of nitrogens with zero attached hydrogens (tertiary/aromatic N) is 1. The van der Waals surface area contributed by atoms with E-state index < -0.39 is 0 Å². The first-order chi connectivity index (χ1) is 10.6. The summed E-state index contributed by atoms with van der Waals surface area (Å²) in [7, 11) is 2.80. The molecular weight excluding hydrogens is 282 g/mol. The molecule has 5 nitrogen and oxygen atoms in total. The normalized spacial score (nSPS) is 12.2. The zero-order chi connectivity index (χ0) is 15.9. The number of ketones is 2. The van der Waals surface area contributed by atoms with Gasteiger partial charge in [-0.25, -0.2) is 0 Å². The highest BCUT2D eigenvalue weighted by Crippen LogP contribution is 2.38. The molecule has 2 aromatic carbocycles. The highest BCUT2D eigenvalue weighted by atomic mass is 16.5. The predicted molar refractivity (Wildman–Crippen MR) is 77.6 cm³/mol. The van der Waals surface area contributed by atoms with Crippen molar-refractivity contribution in [3.05, 3.63) is 58.1 Å². The second-order valence-electron chi connectivity index (χ2n) is 4.72. The summed E-state index contributed by atoms with van der Waals surface area (Å²) in [6, 6.07) is 9.80. The van der Waals surface area contributed by atoms with Crippen molar-refractivity contribution in [2.75, 3.05) is 14.2 Å². The third-order valence-electron chi connectivity index (χ3n) is 3.67. The van der Waals surface area contributed by atoms with E-state index in [1.807, 2.05) is 6.07 Å². The fourth-order valence-corrected chi connectivity index (χ4v) is 2.69. The maximum atomic E-state index is 12.9. The molecule has 0 aromatic heterocycles. The lowest BCUT2D eigenvalue weighted by Crippen LogP contribution is -2.22. The van der Waals surface area contributed by atoms with Gasteiger partial charge in [-0.3, -0.25) is 9.59 Å². The Morgan fingerprint density at radius 2 is 1.64 bits per heavy atom. The lowest BCUT2D eigenvalue weighted by Gasteiger charge is -2.21. The van der Waals surface area contributed by atoms with Crippen molar-refractivity contribution in [2.24, 2.45) is 0 Å². The Kier molecular flexibility index (Phi) is 3.15. The highest BCUT2D eigenvalue weighted by Gasteiger charge is 2.35. The van der Waals surface area contributed by atoms with Gasteiger partial charge in [-0.15, -0.1) is 0 Å². The molecule has 0 fully saturated rings. The number of carbonyl (C=O) groups is 2. The second kappa shape index (κ2) is 5.01. The fraction of sp³-hybridized carbons (Fsp3) is 0.118. The molecule has 2 aromatic rings. The monoisotopic (exact) mass is 293 g/mol. The van der Waals surface area contributed by atoms with Crippen LogP contribution < -0.4 is 9.47 Å². The molecule has 0 aliphatic heterocycles. The third kappa shape index (κ3) is 1.71. The van der Waals surface area contributed by atoms with Crippen molar-refractivity contribution in [3.63, 3.8) is 0 Å². The number of hydrogen-bond acceptors (Lipinski definition) is 5. The molecule has 5 heteroatoms. The van der Waals surface area contributed by atoms with Crippen LogP contribution in [0.15, 0.2) is 30.3 Å². The minimum Gasteiger partial charge on any atom is -0.496 e. The standard InChI is InChI=1S/C17H11NO4/c1-21-12-5-3-4-10-13(12)16(20)14-11(15(10)19)7-6-9(8-18)17(14)22-2/h3-7H,1-2H3. The van der Waals surface area contributed by atoms with E-state index in [2.05, 4.69) is 0 Å². The quantitative estimate of drug-likeness (QED) is 0.725. The van der Waals surface area contributed by atoms with Crippen LogP contribution in [0.3, 0.4) is 0 Å². The summed E-state index contributed by atoms with van der Waals surface area (Å²) in [4.78, 5) is 25.5. The van der Waals surface area contributed by atoms with E-state index in [1.165, 1.54) is 26.4 Å². The molecule has 1 aliphatic carbocycles. The van der Waals surface area contributed by atoms with E-state index in [0.717, 1.165) is 0 Å². The molecule has 0 N–H and O–H groups in total. The largest absolute Gasteiger partial charge is 0.496 e. The summed E-state index contributed by atoms with van der Waals surface area (Å²) in [6.45, 7) is 0. The van der Waals surface area contributed by atoms with Crippen LogP contribution in [0, 0.1) is 11.3 Å². The van der Waals surface area contributed by atoms with Crippen LogP contribution in [0.1, 0.15) is 37.4 Å². The van der Waals surface area contributed by atoms with Gasteiger partial charge in [0.05, 0.1) is 30.9 Å². The predicted octanol–water partition coefficient (Wildman–Crippen LogP) is 2.35. The number of nitriles is 1. The van der Waals surface area contributed by atoms with Gasteiger partial charge in [-0.05, 0) is 18.2 Å². The molecule has 0 saturated carbocycles. The van der Waals surface area contributed by atoms with Crippen molar-refractivity contribution in [1.29, 1.82) is 5.26 Å². The lowest BCUT2D eigenvalue weighted by atomic mass is 9.82. The van der Waals surface area contributed by atoms with E-state index in [1.54, 1.807) is 18.2 Å². The van der Waals surface area contributed by atoms with Gasteiger partial charge in [-0.2, -0.15) is 5.26 Å². The van der Waals surface area contributed by atoms with Crippen LogP contribution in [0.5, 0.6) is 11.5 Å². The van der Waals surface area contributed by atoms with E-state index in [9.17, 15) is 9.59 Å². The molecule has 0 atom stereocenters. The first kappa shape index (κ1) is 13.8. The summed E-state index contributed by atoms with van der Waals surface area (Å²) >= 11 is 0. The van der Waals surface area contributed by atoms with Crippen molar-refractivity contribution < 1.29 is 19.1 Å². The van der Waals surface area contributed by atoms with Crippen LogP contribution in [-0.2, 0) is 0 Å². The molecule has 22 heavy (non-hydrogen) atoms. The average molecular weight is 293 g/mol. The Labute approximate surface area is 126 Å². The van der Waals surface area contributed by atoms with Crippen LogP contribution >= 0.6 is 0 Å². The van der Waals surface area contributed by atoms with Crippen molar-refractivity contribution >= 4 is 11.6 Å².